The average Bonchev–Trinajstić information content (AvgIpc) is 2.34. The first-order chi connectivity index (χ1) is 8.46. The monoisotopic (exact) mass is 262 g/mol. The van der Waals surface area contributed by atoms with Crippen molar-refractivity contribution in [2.75, 3.05) is 12.0 Å². The number of carbonyl (C=O) groups is 1. The van der Waals surface area contributed by atoms with E-state index in [4.69, 9.17) is 0 Å². The first-order valence-corrected chi connectivity index (χ1v) is 7.71. The summed E-state index contributed by atoms with van der Waals surface area (Å²) in [6, 6.07) is 13.2. The van der Waals surface area contributed by atoms with E-state index in [1.54, 1.807) is 12.1 Å². The van der Waals surface area contributed by atoms with Crippen molar-refractivity contribution in [1.82, 2.24) is 0 Å². The molecule has 0 N–H and O–H groups in total. The van der Waals surface area contributed by atoms with Gasteiger partial charge in [-0.25, -0.2) is 8.42 Å². The van der Waals surface area contributed by atoms with Crippen LogP contribution in [0.1, 0.15) is 16.8 Å². The molecule has 0 amide bonds. The van der Waals surface area contributed by atoms with Gasteiger partial charge in [-0.15, -0.1) is 0 Å². The Morgan fingerprint density at radius 3 is 2.39 bits per heavy atom. The Morgan fingerprint density at radius 1 is 1.06 bits per heavy atom. The molecule has 18 heavy (non-hydrogen) atoms. The predicted octanol–water partition coefficient (Wildman–Crippen LogP) is 2.46. The Morgan fingerprint density at radius 2 is 1.72 bits per heavy atom. The van der Waals surface area contributed by atoms with Crippen molar-refractivity contribution in [2.24, 2.45) is 0 Å². The molecule has 0 saturated heterocycles. The largest absolute Gasteiger partial charge is 0.294 e. The molecule has 94 valence electrons. The lowest BCUT2D eigenvalue weighted by molar-refractivity contribution is 0.0989. The molecule has 0 heterocycles. The van der Waals surface area contributed by atoms with Crippen LogP contribution in [0, 0.1) is 0 Å². The van der Waals surface area contributed by atoms with Gasteiger partial charge in [-0.05, 0) is 16.8 Å². The summed E-state index contributed by atoms with van der Waals surface area (Å²) >= 11 is 0. The number of benzene rings is 2. The zero-order valence-electron chi connectivity index (χ0n) is 10.1. The first-order valence-electron chi connectivity index (χ1n) is 5.65. The van der Waals surface area contributed by atoms with E-state index in [1.807, 2.05) is 30.3 Å². The normalized spacial score (nSPS) is 11.6. The van der Waals surface area contributed by atoms with Crippen LogP contribution < -0.4 is 0 Å². The lowest BCUT2D eigenvalue weighted by Crippen LogP contribution is -2.09. The van der Waals surface area contributed by atoms with E-state index in [2.05, 4.69) is 0 Å². The summed E-state index contributed by atoms with van der Waals surface area (Å²) in [5.41, 5.74) is 0.567. The molecule has 0 aliphatic rings. The summed E-state index contributed by atoms with van der Waals surface area (Å²) in [5.74, 6) is -0.232. The minimum Gasteiger partial charge on any atom is -0.294 e. The molecule has 2 aromatic carbocycles. The summed E-state index contributed by atoms with van der Waals surface area (Å²) in [5, 5.41) is 2.06. The fourth-order valence-electron chi connectivity index (χ4n) is 1.79. The first kappa shape index (κ1) is 12.8. The standard InChI is InChI=1S/C14H14O3S/c1-18(16,17)9-8-14(15)13-7-6-11-4-2-3-5-12(11)10-13/h2-7,10H,8-9H2,1H3. The third-order valence-corrected chi connectivity index (χ3v) is 3.72. The van der Waals surface area contributed by atoms with Crippen LogP contribution in [-0.2, 0) is 9.84 Å². The molecule has 4 heteroatoms. The fraction of sp³-hybridized carbons (Fsp3) is 0.214. The minimum atomic E-state index is -3.09. The zero-order chi connectivity index (χ0) is 13.2. The van der Waals surface area contributed by atoms with Crippen molar-refractivity contribution in [2.45, 2.75) is 6.42 Å². The summed E-state index contributed by atoms with van der Waals surface area (Å²) in [4.78, 5) is 11.9. The summed E-state index contributed by atoms with van der Waals surface area (Å²) in [7, 11) is -3.09. The quantitative estimate of drug-likeness (QED) is 0.795. The lowest BCUT2D eigenvalue weighted by Gasteiger charge is -2.03. The molecular weight excluding hydrogens is 248 g/mol. The Bertz CT molecular complexity index is 687. The van der Waals surface area contributed by atoms with Crippen molar-refractivity contribution in [3.05, 3.63) is 48.0 Å². The van der Waals surface area contributed by atoms with Crippen LogP contribution in [0.5, 0.6) is 0 Å². The SMILES string of the molecule is CS(=O)(=O)CCC(=O)c1ccc2ccccc2c1. The highest BCUT2D eigenvalue weighted by atomic mass is 32.2. The molecule has 0 unspecified atom stereocenters. The predicted molar refractivity (Wildman–Crippen MR) is 72.6 cm³/mol. The van der Waals surface area contributed by atoms with E-state index in [0.29, 0.717) is 5.56 Å². The number of fused-ring (bicyclic) bond motifs is 1. The number of hydrogen-bond acceptors (Lipinski definition) is 3. The number of sulfone groups is 1. The Hall–Kier alpha value is -1.68. The second-order valence-electron chi connectivity index (χ2n) is 4.36. The van der Waals surface area contributed by atoms with E-state index in [-0.39, 0.29) is 18.0 Å². The molecule has 0 aliphatic heterocycles. The zero-order valence-corrected chi connectivity index (χ0v) is 10.9. The topological polar surface area (TPSA) is 51.2 Å². The van der Waals surface area contributed by atoms with Gasteiger partial charge in [0.15, 0.2) is 5.78 Å². The van der Waals surface area contributed by atoms with Gasteiger partial charge in [0.1, 0.15) is 9.84 Å². The van der Waals surface area contributed by atoms with Gasteiger partial charge < -0.3 is 0 Å². The fourth-order valence-corrected chi connectivity index (χ4v) is 2.34. The average molecular weight is 262 g/mol. The van der Waals surface area contributed by atoms with Crippen molar-refractivity contribution < 1.29 is 13.2 Å². The van der Waals surface area contributed by atoms with Gasteiger partial charge >= 0.3 is 0 Å². The Balaban J connectivity index is 2.23. The van der Waals surface area contributed by atoms with Crippen LogP contribution in [0.2, 0.25) is 0 Å². The summed E-state index contributed by atoms with van der Waals surface area (Å²) < 4.78 is 22.1. The maximum Gasteiger partial charge on any atom is 0.163 e. The van der Waals surface area contributed by atoms with Gasteiger partial charge in [0, 0.05) is 18.2 Å². The number of Topliss-reactive ketones (excluding diaryl/α,β-unsaturated/α-hetero) is 1. The van der Waals surface area contributed by atoms with Crippen LogP contribution in [0.3, 0.4) is 0 Å². The van der Waals surface area contributed by atoms with Crippen LogP contribution in [-0.4, -0.2) is 26.2 Å². The van der Waals surface area contributed by atoms with Crippen LogP contribution in [0.25, 0.3) is 10.8 Å². The number of carbonyl (C=O) groups excluding carboxylic acids is 1. The van der Waals surface area contributed by atoms with E-state index >= 15 is 0 Å². The molecule has 3 nitrogen and oxygen atoms in total. The number of rotatable bonds is 4. The molecule has 0 bridgehead atoms. The van der Waals surface area contributed by atoms with Crippen molar-refractivity contribution >= 4 is 26.4 Å². The van der Waals surface area contributed by atoms with Gasteiger partial charge in [0.2, 0.25) is 0 Å². The van der Waals surface area contributed by atoms with Crippen LogP contribution in [0.15, 0.2) is 42.5 Å². The Kier molecular flexibility index (Phi) is 3.48. The molecule has 0 saturated carbocycles. The highest BCUT2D eigenvalue weighted by Gasteiger charge is 2.10. The van der Waals surface area contributed by atoms with Crippen molar-refractivity contribution in [1.29, 1.82) is 0 Å². The highest BCUT2D eigenvalue weighted by molar-refractivity contribution is 7.90. The van der Waals surface area contributed by atoms with Gasteiger partial charge in [0.05, 0.1) is 5.75 Å². The maximum absolute atomic E-state index is 11.9. The van der Waals surface area contributed by atoms with Crippen molar-refractivity contribution in [3.8, 4) is 0 Å². The second kappa shape index (κ2) is 4.90. The van der Waals surface area contributed by atoms with E-state index in [0.717, 1.165) is 17.0 Å². The smallest absolute Gasteiger partial charge is 0.163 e. The third-order valence-electron chi connectivity index (χ3n) is 2.77. The molecule has 0 radical (unpaired) electrons. The second-order valence-corrected chi connectivity index (χ2v) is 6.62. The van der Waals surface area contributed by atoms with Gasteiger partial charge in [0.25, 0.3) is 0 Å². The number of hydrogen-bond donors (Lipinski definition) is 0. The molecule has 2 aromatic rings. The summed E-state index contributed by atoms with van der Waals surface area (Å²) in [6.07, 6.45) is 1.18. The molecule has 0 aliphatic carbocycles. The molecule has 2 rings (SSSR count). The van der Waals surface area contributed by atoms with E-state index in [9.17, 15) is 13.2 Å². The molecule has 0 atom stereocenters. The summed E-state index contributed by atoms with van der Waals surface area (Å²) in [6.45, 7) is 0. The van der Waals surface area contributed by atoms with Crippen LogP contribution in [0.4, 0.5) is 0 Å². The Labute approximate surface area is 106 Å². The van der Waals surface area contributed by atoms with E-state index < -0.39 is 9.84 Å². The highest BCUT2D eigenvalue weighted by Crippen LogP contribution is 2.16. The number of ketones is 1. The molecular formula is C14H14O3S. The molecule has 0 spiro atoms. The molecule has 0 fully saturated rings. The maximum atomic E-state index is 11.9. The third kappa shape index (κ3) is 3.17. The molecule has 0 aromatic heterocycles. The van der Waals surface area contributed by atoms with Gasteiger partial charge in [-0.3, -0.25) is 4.79 Å². The van der Waals surface area contributed by atoms with Gasteiger partial charge in [-0.2, -0.15) is 0 Å². The van der Waals surface area contributed by atoms with Crippen LogP contribution >= 0.6 is 0 Å². The lowest BCUT2D eigenvalue weighted by atomic mass is 10.0. The van der Waals surface area contributed by atoms with E-state index in [1.165, 1.54) is 0 Å². The van der Waals surface area contributed by atoms with Crippen molar-refractivity contribution in [3.63, 3.8) is 0 Å². The minimum absolute atomic E-state index is 0.0389. The van der Waals surface area contributed by atoms with Gasteiger partial charge in [-0.1, -0.05) is 36.4 Å².